The quantitative estimate of drug-likeness (QED) is 0.822. The van der Waals surface area contributed by atoms with Crippen LogP contribution in [0.2, 0.25) is 0 Å². The van der Waals surface area contributed by atoms with E-state index in [0.29, 0.717) is 5.56 Å². The first-order chi connectivity index (χ1) is 7.05. The molecule has 2 rings (SSSR count). The van der Waals surface area contributed by atoms with Crippen molar-refractivity contribution in [2.45, 2.75) is 4.90 Å². The van der Waals surface area contributed by atoms with Crippen molar-refractivity contribution in [3.63, 3.8) is 0 Å². The minimum Gasteiger partial charge on any atom is -0.508 e. The summed E-state index contributed by atoms with van der Waals surface area (Å²) < 4.78 is 28.5. The molecule has 0 saturated heterocycles. The molecule has 0 amide bonds. The van der Waals surface area contributed by atoms with Gasteiger partial charge in [-0.2, -0.15) is 0 Å². The van der Waals surface area contributed by atoms with Crippen LogP contribution in [0, 0.1) is 0 Å². The highest BCUT2D eigenvalue weighted by atomic mass is 32.2. The summed E-state index contributed by atoms with van der Waals surface area (Å²) in [6.45, 7) is 0.0533. The number of phenolic OH excluding ortho intramolecular Hbond substituents is 1. The lowest BCUT2D eigenvalue weighted by Crippen LogP contribution is -2.05. The summed E-state index contributed by atoms with van der Waals surface area (Å²) in [5.74, 6) is -0.0515. The molecule has 1 aliphatic heterocycles. The van der Waals surface area contributed by atoms with E-state index in [1.54, 1.807) is 12.1 Å². The first kappa shape index (κ1) is 10.2. The first-order valence-electron chi connectivity index (χ1n) is 4.33. The maximum atomic E-state index is 11.9. The minimum atomic E-state index is -3.45. The number of aromatic hydroxyl groups is 1. The van der Waals surface area contributed by atoms with Gasteiger partial charge in [0, 0.05) is 7.11 Å². The molecule has 1 aromatic carbocycles. The lowest BCUT2D eigenvalue weighted by molar-refractivity contribution is 0.231. The van der Waals surface area contributed by atoms with Crippen molar-refractivity contribution in [1.82, 2.24) is 0 Å². The van der Waals surface area contributed by atoms with Gasteiger partial charge < -0.3 is 9.84 Å². The molecule has 0 unspecified atom stereocenters. The number of hydrogen-bond acceptors (Lipinski definition) is 4. The summed E-state index contributed by atoms with van der Waals surface area (Å²) in [5, 5.41) is 9.23. The fourth-order valence-electron chi connectivity index (χ4n) is 1.53. The molecule has 5 heteroatoms. The Morgan fingerprint density at radius 2 is 2.13 bits per heavy atom. The second-order valence-corrected chi connectivity index (χ2v) is 5.24. The van der Waals surface area contributed by atoms with E-state index < -0.39 is 9.84 Å². The summed E-state index contributed by atoms with van der Waals surface area (Å²) >= 11 is 0. The second kappa shape index (κ2) is 3.36. The minimum absolute atomic E-state index is 0.0515. The Balaban J connectivity index is 2.58. The van der Waals surface area contributed by atoms with Crippen LogP contribution in [-0.2, 0) is 14.6 Å². The van der Waals surface area contributed by atoms with Crippen molar-refractivity contribution in [2.75, 3.05) is 13.7 Å². The molecule has 0 radical (unpaired) electrons. The smallest absolute Gasteiger partial charge is 0.205 e. The molecular formula is C10H10O4S. The number of fused-ring (bicyclic) bond motifs is 1. The standard InChI is InChI=1S/C10H10O4S/c1-14-6-9-4-7-2-3-8(11)5-10(7)15(9,12)13/h2-5,11H,6H2,1H3. The Morgan fingerprint density at radius 3 is 2.80 bits per heavy atom. The van der Waals surface area contributed by atoms with E-state index in [1.165, 1.54) is 19.2 Å². The molecule has 0 aliphatic carbocycles. The van der Waals surface area contributed by atoms with Crippen LogP contribution in [0.15, 0.2) is 28.0 Å². The number of ether oxygens (including phenoxy) is 1. The number of hydrogen-bond donors (Lipinski definition) is 1. The molecule has 0 spiro atoms. The Bertz CT molecular complexity index is 528. The van der Waals surface area contributed by atoms with Crippen molar-refractivity contribution in [3.05, 3.63) is 28.7 Å². The van der Waals surface area contributed by atoms with Crippen molar-refractivity contribution < 1.29 is 18.3 Å². The summed E-state index contributed by atoms with van der Waals surface area (Å²) in [6.07, 6.45) is 1.56. The summed E-state index contributed by atoms with van der Waals surface area (Å²) in [4.78, 5) is 0.375. The molecule has 1 aromatic rings. The first-order valence-corrected chi connectivity index (χ1v) is 5.81. The molecule has 0 saturated carbocycles. The van der Waals surface area contributed by atoms with Gasteiger partial charge in [0.1, 0.15) is 5.75 Å². The molecule has 0 aromatic heterocycles. The van der Waals surface area contributed by atoms with Crippen LogP contribution in [-0.4, -0.2) is 27.2 Å². The predicted molar refractivity (Wildman–Crippen MR) is 55.1 cm³/mol. The Hall–Kier alpha value is -1.33. The largest absolute Gasteiger partial charge is 0.508 e. The van der Waals surface area contributed by atoms with Gasteiger partial charge in [0.25, 0.3) is 0 Å². The second-order valence-electron chi connectivity index (χ2n) is 3.27. The molecule has 15 heavy (non-hydrogen) atoms. The van der Waals surface area contributed by atoms with Crippen LogP contribution < -0.4 is 0 Å². The topological polar surface area (TPSA) is 63.6 Å². The fourth-order valence-corrected chi connectivity index (χ4v) is 3.08. The number of rotatable bonds is 2. The van der Waals surface area contributed by atoms with Gasteiger partial charge in [-0.05, 0) is 29.8 Å². The number of methoxy groups -OCH3 is 1. The summed E-state index contributed by atoms with van der Waals surface area (Å²) in [7, 11) is -2.01. The maximum absolute atomic E-state index is 11.9. The maximum Gasteiger partial charge on any atom is 0.205 e. The average Bonchev–Trinajstić information content (AvgIpc) is 2.41. The lowest BCUT2D eigenvalue weighted by Gasteiger charge is -2.02. The number of phenols is 1. The number of benzene rings is 1. The average molecular weight is 226 g/mol. The van der Waals surface area contributed by atoms with E-state index in [-0.39, 0.29) is 22.2 Å². The summed E-state index contributed by atoms with van der Waals surface area (Å²) in [6, 6.07) is 4.29. The van der Waals surface area contributed by atoms with Crippen LogP contribution in [0.3, 0.4) is 0 Å². The van der Waals surface area contributed by atoms with Crippen LogP contribution in [0.4, 0.5) is 0 Å². The van der Waals surface area contributed by atoms with Gasteiger partial charge in [-0.3, -0.25) is 0 Å². The molecule has 0 atom stereocenters. The van der Waals surface area contributed by atoms with Gasteiger partial charge >= 0.3 is 0 Å². The Labute approximate surface area is 87.7 Å². The molecule has 80 valence electrons. The van der Waals surface area contributed by atoms with Gasteiger partial charge in [0.15, 0.2) is 0 Å². The van der Waals surface area contributed by atoms with E-state index >= 15 is 0 Å². The normalized spacial score (nSPS) is 17.3. The molecule has 1 heterocycles. The highest BCUT2D eigenvalue weighted by molar-refractivity contribution is 7.95. The van der Waals surface area contributed by atoms with Crippen molar-refractivity contribution in [3.8, 4) is 5.75 Å². The van der Waals surface area contributed by atoms with E-state index in [0.717, 1.165) is 0 Å². The van der Waals surface area contributed by atoms with Gasteiger partial charge in [-0.25, -0.2) is 8.42 Å². The molecule has 1 aliphatic rings. The van der Waals surface area contributed by atoms with Crippen LogP contribution >= 0.6 is 0 Å². The van der Waals surface area contributed by atoms with Gasteiger partial charge in [0.05, 0.1) is 16.4 Å². The Morgan fingerprint density at radius 1 is 1.40 bits per heavy atom. The monoisotopic (exact) mass is 226 g/mol. The van der Waals surface area contributed by atoms with Crippen molar-refractivity contribution in [2.24, 2.45) is 0 Å². The van der Waals surface area contributed by atoms with Gasteiger partial charge in [-0.15, -0.1) is 0 Å². The zero-order valence-corrected chi connectivity index (χ0v) is 8.91. The van der Waals surface area contributed by atoms with Crippen LogP contribution in [0.5, 0.6) is 5.75 Å². The zero-order valence-electron chi connectivity index (χ0n) is 8.10. The lowest BCUT2D eigenvalue weighted by atomic mass is 10.2. The molecule has 1 N–H and O–H groups in total. The molecule has 4 nitrogen and oxygen atoms in total. The van der Waals surface area contributed by atoms with E-state index in [9.17, 15) is 13.5 Å². The van der Waals surface area contributed by atoms with Crippen LogP contribution in [0.25, 0.3) is 6.08 Å². The Kier molecular flexibility index (Phi) is 2.28. The molecular weight excluding hydrogens is 216 g/mol. The van der Waals surface area contributed by atoms with Crippen molar-refractivity contribution in [1.29, 1.82) is 0 Å². The van der Waals surface area contributed by atoms with E-state index in [1.807, 2.05) is 0 Å². The highest BCUT2D eigenvalue weighted by Crippen LogP contribution is 2.34. The molecule has 0 bridgehead atoms. The predicted octanol–water partition coefficient (Wildman–Crippen LogP) is 1.17. The number of sulfone groups is 1. The van der Waals surface area contributed by atoms with E-state index in [2.05, 4.69) is 0 Å². The summed E-state index contributed by atoms with van der Waals surface area (Å²) in [5.41, 5.74) is 0.597. The third kappa shape index (κ3) is 1.53. The third-order valence-corrected chi connectivity index (χ3v) is 4.09. The van der Waals surface area contributed by atoms with Gasteiger partial charge in [-0.1, -0.05) is 0 Å². The third-order valence-electron chi connectivity index (χ3n) is 2.23. The zero-order chi connectivity index (χ0) is 11.1. The van der Waals surface area contributed by atoms with E-state index in [4.69, 9.17) is 4.74 Å². The van der Waals surface area contributed by atoms with Crippen molar-refractivity contribution >= 4 is 15.9 Å². The fraction of sp³-hybridized carbons (Fsp3) is 0.200. The highest BCUT2D eigenvalue weighted by Gasteiger charge is 2.29. The molecule has 0 fully saturated rings. The SMILES string of the molecule is COCC1=Cc2ccc(O)cc2S1(=O)=O. The van der Waals surface area contributed by atoms with Crippen LogP contribution in [0.1, 0.15) is 5.56 Å². The van der Waals surface area contributed by atoms with Gasteiger partial charge in [0.2, 0.25) is 9.84 Å².